The lowest BCUT2D eigenvalue weighted by Crippen LogP contribution is -2.13. The predicted molar refractivity (Wildman–Crippen MR) is 63.7 cm³/mol. The van der Waals surface area contributed by atoms with Crippen LogP contribution in [0.15, 0.2) is 0 Å². The van der Waals surface area contributed by atoms with Gasteiger partial charge in [-0.3, -0.25) is 0 Å². The number of hydrogen-bond donors (Lipinski definition) is 0. The van der Waals surface area contributed by atoms with Gasteiger partial charge >= 0.3 is 0 Å². The SMILES string of the molecule is CCCCOC(CCCC)CCCC. The third-order valence-electron chi connectivity index (χ3n) is 2.61. The Bertz CT molecular complexity index is 93.4. The van der Waals surface area contributed by atoms with Gasteiger partial charge in [-0.2, -0.15) is 0 Å². The van der Waals surface area contributed by atoms with Crippen molar-refractivity contribution in [2.75, 3.05) is 6.61 Å². The van der Waals surface area contributed by atoms with Crippen LogP contribution in [0.25, 0.3) is 0 Å². The average Bonchev–Trinajstić information content (AvgIpc) is 2.21. The fraction of sp³-hybridized carbons (Fsp3) is 1.00. The minimum Gasteiger partial charge on any atom is -0.378 e. The summed E-state index contributed by atoms with van der Waals surface area (Å²) < 4.78 is 5.89. The van der Waals surface area contributed by atoms with Gasteiger partial charge in [-0.1, -0.05) is 52.9 Å². The Morgan fingerprint density at radius 2 is 1.29 bits per heavy atom. The Balaban J connectivity index is 3.49. The second kappa shape index (κ2) is 11.0. The highest BCUT2D eigenvalue weighted by atomic mass is 16.5. The van der Waals surface area contributed by atoms with Crippen LogP contribution >= 0.6 is 0 Å². The number of rotatable bonds is 10. The molecule has 0 aromatic heterocycles. The zero-order chi connectivity index (χ0) is 10.6. The summed E-state index contributed by atoms with van der Waals surface area (Å²) in [6.07, 6.45) is 10.8. The van der Waals surface area contributed by atoms with E-state index in [9.17, 15) is 0 Å². The van der Waals surface area contributed by atoms with E-state index in [0.29, 0.717) is 6.10 Å². The summed E-state index contributed by atoms with van der Waals surface area (Å²) in [5, 5.41) is 0. The molecule has 0 N–H and O–H groups in total. The lowest BCUT2D eigenvalue weighted by Gasteiger charge is -2.17. The van der Waals surface area contributed by atoms with E-state index in [1.165, 1.54) is 51.4 Å². The minimum atomic E-state index is 0.543. The van der Waals surface area contributed by atoms with E-state index in [1.807, 2.05) is 0 Å². The fourth-order valence-corrected chi connectivity index (χ4v) is 1.57. The number of ether oxygens (including phenoxy) is 1. The van der Waals surface area contributed by atoms with Crippen molar-refractivity contribution >= 4 is 0 Å². The van der Waals surface area contributed by atoms with Gasteiger partial charge in [0.05, 0.1) is 6.10 Å². The maximum atomic E-state index is 5.89. The molecule has 0 spiro atoms. The maximum absolute atomic E-state index is 5.89. The smallest absolute Gasteiger partial charge is 0.0575 e. The van der Waals surface area contributed by atoms with Crippen molar-refractivity contribution in [2.24, 2.45) is 0 Å². The summed E-state index contributed by atoms with van der Waals surface area (Å²) in [6, 6.07) is 0. The van der Waals surface area contributed by atoms with Gasteiger partial charge in [-0.15, -0.1) is 0 Å². The fourth-order valence-electron chi connectivity index (χ4n) is 1.57. The third kappa shape index (κ3) is 8.55. The normalized spacial score (nSPS) is 11.1. The molecule has 1 heteroatoms. The number of hydrogen-bond acceptors (Lipinski definition) is 1. The zero-order valence-corrected chi connectivity index (χ0v) is 10.3. The van der Waals surface area contributed by atoms with Crippen LogP contribution in [0.2, 0.25) is 0 Å². The van der Waals surface area contributed by atoms with E-state index in [4.69, 9.17) is 4.74 Å². The highest BCUT2D eigenvalue weighted by Crippen LogP contribution is 2.12. The van der Waals surface area contributed by atoms with Crippen molar-refractivity contribution in [3.63, 3.8) is 0 Å². The first kappa shape index (κ1) is 14.0. The molecule has 0 aliphatic heterocycles. The van der Waals surface area contributed by atoms with E-state index in [1.54, 1.807) is 0 Å². The molecular formula is C13H28O. The van der Waals surface area contributed by atoms with E-state index < -0.39 is 0 Å². The lowest BCUT2D eigenvalue weighted by molar-refractivity contribution is 0.0371. The Hall–Kier alpha value is -0.0400. The van der Waals surface area contributed by atoms with Gasteiger partial charge in [0, 0.05) is 6.61 Å². The molecule has 86 valence electrons. The zero-order valence-electron chi connectivity index (χ0n) is 10.3. The minimum absolute atomic E-state index is 0.543. The van der Waals surface area contributed by atoms with Crippen LogP contribution < -0.4 is 0 Å². The topological polar surface area (TPSA) is 9.23 Å². The van der Waals surface area contributed by atoms with Gasteiger partial charge in [-0.25, -0.2) is 0 Å². The van der Waals surface area contributed by atoms with E-state index in [2.05, 4.69) is 20.8 Å². The Kier molecular flexibility index (Phi) is 11.0. The van der Waals surface area contributed by atoms with Crippen molar-refractivity contribution in [1.82, 2.24) is 0 Å². The number of unbranched alkanes of at least 4 members (excludes halogenated alkanes) is 3. The first-order valence-electron chi connectivity index (χ1n) is 6.46. The highest BCUT2D eigenvalue weighted by molar-refractivity contribution is 4.58. The largest absolute Gasteiger partial charge is 0.378 e. The summed E-state index contributed by atoms with van der Waals surface area (Å²) in [5.74, 6) is 0. The molecule has 0 aromatic rings. The second-order valence-corrected chi connectivity index (χ2v) is 4.13. The van der Waals surface area contributed by atoms with Gasteiger partial charge in [-0.05, 0) is 19.3 Å². The summed E-state index contributed by atoms with van der Waals surface area (Å²) in [4.78, 5) is 0. The lowest BCUT2D eigenvalue weighted by atomic mass is 10.1. The van der Waals surface area contributed by atoms with Crippen LogP contribution in [-0.2, 0) is 4.74 Å². The van der Waals surface area contributed by atoms with Crippen LogP contribution in [0.3, 0.4) is 0 Å². The van der Waals surface area contributed by atoms with Crippen LogP contribution in [0, 0.1) is 0 Å². The predicted octanol–water partition coefficient (Wildman–Crippen LogP) is 4.55. The molecule has 0 fully saturated rings. The molecule has 0 saturated carbocycles. The van der Waals surface area contributed by atoms with Crippen molar-refractivity contribution in [1.29, 1.82) is 0 Å². The van der Waals surface area contributed by atoms with Gasteiger partial charge in [0.15, 0.2) is 0 Å². The molecule has 14 heavy (non-hydrogen) atoms. The monoisotopic (exact) mass is 200 g/mol. The third-order valence-corrected chi connectivity index (χ3v) is 2.61. The van der Waals surface area contributed by atoms with Gasteiger partial charge in [0.25, 0.3) is 0 Å². The van der Waals surface area contributed by atoms with Crippen LogP contribution in [-0.4, -0.2) is 12.7 Å². The molecule has 0 aromatic carbocycles. The van der Waals surface area contributed by atoms with Crippen molar-refractivity contribution in [3.8, 4) is 0 Å². The molecule has 0 bridgehead atoms. The molecule has 0 rings (SSSR count). The first-order chi connectivity index (χ1) is 6.85. The quantitative estimate of drug-likeness (QED) is 0.470. The van der Waals surface area contributed by atoms with Gasteiger partial charge in [0.2, 0.25) is 0 Å². The van der Waals surface area contributed by atoms with E-state index in [-0.39, 0.29) is 0 Å². The molecule has 0 aliphatic carbocycles. The highest BCUT2D eigenvalue weighted by Gasteiger charge is 2.07. The maximum Gasteiger partial charge on any atom is 0.0575 e. The summed E-state index contributed by atoms with van der Waals surface area (Å²) in [7, 11) is 0. The average molecular weight is 200 g/mol. The standard InChI is InChI=1S/C13H28O/c1-4-7-10-13(11-8-5-2)14-12-9-6-3/h13H,4-12H2,1-3H3. The van der Waals surface area contributed by atoms with Gasteiger partial charge in [0.1, 0.15) is 0 Å². The van der Waals surface area contributed by atoms with E-state index >= 15 is 0 Å². The molecule has 0 radical (unpaired) electrons. The first-order valence-corrected chi connectivity index (χ1v) is 6.46. The molecule has 0 atom stereocenters. The van der Waals surface area contributed by atoms with Gasteiger partial charge < -0.3 is 4.74 Å². The Morgan fingerprint density at radius 1 is 0.786 bits per heavy atom. The molecular weight excluding hydrogens is 172 g/mol. The second-order valence-electron chi connectivity index (χ2n) is 4.13. The molecule has 0 amide bonds. The molecule has 0 heterocycles. The van der Waals surface area contributed by atoms with Crippen LogP contribution in [0.1, 0.15) is 72.1 Å². The Morgan fingerprint density at radius 3 is 1.71 bits per heavy atom. The van der Waals surface area contributed by atoms with Crippen molar-refractivity contribution in [2.45, 2.75) is 78.2 Å². The molecule has 1 nitrogen and oxygen atoms in total. The summed E-state index contributed by atoms with van der Waals surface area (Å²) in [5.41, 5.74) is 0. The molecule has 0 saturated heterocycles. The summed E-state index contributed by atoms with van der Waals surface area (Å²) >= 11 is 0. The molecule has 0 unspecified atom stereocenters. The summed E-state index contributed by atoms with van der Waals surface area (Å²) in [6.45, 7) is 7.69. The van der Waals surface area contributed by atoms with E-state index in [0.717, 1.165) is 6.61 Å². The van der Waals surface area contributed by atoms with Crippen LogP contribution in [0.4, 0.5) is 0 Å². The molecule has 0 aliphatic rings. The van der Waals surface area contributed by atoms with Crippen molar-refractivity contribution in [3.05, 3.63) is 0 Å². The Labute approximate surface area is 90.2 Å². The van der Waals surface area contributed by atoms with Crippen LogP contribution in [0.5, 0.6) is 0 Å². The van der Waals surface area contributed by atoms with Crippen molar-refractivity contribution < 1.29 is 4.74 Å².